The normalized spacial score (nSPS) is 10.6. The summed E-state index contributed by atoms with van der Waals surface area (Å²) in [6.45, 7) is 4.25. The van der Waals surface area contributed by atoms with Crippen LogP contribution in [-0.2, 0) is 9.47 Å². The van der Waals surface area contributed by atoms with Crippen LogP contribution in [0.15, 0.2) is 158 Å². The lowest BCUT2D eigenvalue weighted by Crippen LogP contribution is -2.12. The first kappa shape index (κ1) is 31.8. The Morgan fingerprint density at radius 1 is 0.417 bits per heavy atom. The second-order valence-corrected chi connectivity index (χ2v) is 11.0. The summed E-state index contributed by atoms with van der Waals surface area (Å²) in [5, 5.41) is 0. The van der Waals surface area contributed by atoms with E-state index >= 15 is 0 Å². The fourth-order valence-corrected chi connectivity index (χ4v) is 5.63. The predicted molar refractivity (Wildman–Crippen MR) is 193 cm³/mol. The smallest absolute Gasteiger partial charge is 0.338 e. The molecule has 0 bridgehead atoms. The van der Waals surface area contributed by atoms with Crippen molar-refractivity contribution in [2.75, 3.05) is 23.0 Å². The van der Waals surface area contributed by atoms with Gasteiger partial charge in [-0.25, -0.2) is 9.59 Å². The Morgan fingerprint density at radius 3 is 1.10 bits per heavy atom. The average molecular weight is 633 g/mol. The van der Waals surface area contributed by atoms with Crippen LogP contribution in [0.5, 0.6) is 0 Å². The maximum absolute atomic E-state index is 12.5. The monoisotopic (exact) mass is 632 g/mol. The van der Waals surface area contributed by atoms with Crippen molar-refractivity contribution < 1.29 is 19.1 Å². The van der Waals surface area contributed by atoms with Crippen molar-refractivity contribution in [1.82, 2.24) is 0 Å². The number of para-hydroxylation sites is 2. The van der Waals surface area contributed by atoms with Gasteiger partial charge < -0.3 is 19.3 Å². The van der Waals surface area contributed by atoms with E-state index in [0.29, 0.717) is 24.3 Å². The van der Waals surface area contributed by atoms with Crippen LogP contribution in [0.1, 0.15) is 34.6 Å². The lowest BCUT2D eigenvalue weighted by molar-refractivity contribution is 0.0517. The lowest BCUT2D eigenvalue weighted by atomic mass is 10.0. The summed E-state index contributed by atoms with van der Waals surface area (Å²) in [4.78, 5) is 29.3. The Morgan fingerprint density at radius 2 is 0.750 bits per heavy atom. The Balaban J connectivity index is 1.31. The van der Waals surface area contributed by atoms with Crippen molar-refractivity contribution >= 4 is 46.1 Å². The molecule has 0 N–H and O–H groups in total. The van der Waals surface area contributed by atoms with E-state index < -0.39 is 0 Å². The molecule has 0 atom stereocenters. The summed E-state index contributed by atoms with van der Waals surface area (Å²) >= 11 is 0. The number of nitrogens with zero attached hydrogens (tertiary/aromatic N) is 2. The van der Waals surface area contributed by atoms with E-state index in [1.807, 2.05) is 97.1 Å². The largest absolute Gasteiger partial charge is 0.462 e. The van der Waals surface area contributed by atoms with Crippen LogP contribution < -0.4 is 9.80 Å². The van der Waals surface area contributed by atoms with Gasteiger partial charge in [-0.05, 0) is 110 Å². The van der Waals surface area contributed by atoms with E-state index in [-0.39, 0.29) is 11.9 Å². The Hall–Kier alpha value is -6.14. The standard InChI is InChI=1S/C42H36N2O4/c1-3-47-41(45)33-13-11-19-39(29-33)43(35-15-7-5-8-16-35)37-25-21-31(22-26-37)32-23-27-38(28-24-32)44(36-17-9-6-10-18-36)40-20-12-14-34(30-40)42(46)48-4-2/h5-30H,3-4H2,1-2H3. The molecule has 0 aliphatic heterocycles. The molecule has 0 saturated carbocycles. The van der Waals surface area contributed by atoms with Crippen molar-refractivity contribution in [1.29, 1.82) is 0 Å². The topological polar surface area (TPSA) is 59.1 Å². The van der Waals surface area contributed by atoms with Gasteiger partial charge in [-0.2, -0.15) is 0 Å². The number of hydrogen-bond acceptors (Lipinski definition) is 6. The molecular formula is C42H36N2O4. The molecule has 6 aromatic rings. The zero-order valence-electron chi connectivity index (χ0n) is 27.0. The molecule has 0 amide bonds. The van der Waals surface area contributed by atoms with E-state index in [1.54, 1.807) is 26.0 Å². The van der Waals surface area contributed by atoms with E-state index in [4.69, 9.17) is 9.47 Å². The van der Waals surface area contributed by atoms with Gasteiger partial charge in [0, 0.05) is 34.1 Å². The summed E-state index contributed by atoms with van der Waals surface area (Å²) in [5.41, 5.74) is 8.72. The summed E-state index contributed by atoms with van der Waals surface area (Å²) in [6, 6.07) is 51.9. The van der Waals surface area contributed by atoms with Crippen LogP contribution in [0.25, 0.3) is 11.1 Å². The minimum absolute atomic E-state index is 0.320. The fraction of sp³-hybridized carbons (Fsp3) is 0.0952. The van der Waals surface area contributed by atoms with Crippen LogP contribution in [0.2, 0.25) is 0 Å². The third kappa shape index (κ3) is 7.13. The molecule has 0 aromatic heterocycles. The van der Waals surface area contributed by atoms with Crippen LogP contribution in [0, 0.1) is 0 Å². The Kier molecular flexibility index (Phi) is 9.92. The van der Waals surface area contributed by atoms with Crippen LogP contribution in [0.3, 0.4) is 0 Å². The highest BCUT2D eigenvalue weighted by molar-refractivity contribution is 5.93. The van der Waals surface area contributed by atoms with Crippen molar-refractivity contribution in [3.05, 3.63) is 169 Å². The van der Waals surface area contributed by atoms with Gasteiger partial charge in [0.1, 0.15) is 0 Å². The molecule has 6 heteroatoms. The van der Waals surface area contributed by atoms with Gasteiger partial charge in [0.2, 0.25) is 0 Å². The summed E-state index contributed by atoms with van der Waals surface area (Å²) in [6.07, 6.45) is 0. The molecule has 0 heterocycles. The first-order chi connectivity index (χ1) is 23.6. The highest BCUT2D eigenvalue weighted by Gasteiger charge is 2.17. The van der Waals surface area contributed by atoms with Crippen LogP contribution >= 0.6 is 0 Å². The number of anilines is 6. The predicted octanol–water partition coefficient (Wildman–Crippen LogP) is 10.6. The number of esters is 2. The quantitative estimate of drug-likeness (QED) is 0.133. The molecule has 0 radical (unpaired) electrons. The van der Waals surface area contributed by atoms with Crippen LogP contribution in [-0.4, -0.2) is 25.2 Å². The zero-order chi connectivity index (χ0) is 33.3. The molecule has 0 spiro atoms. The highest BCUT2D eigenvalue weighted by Crippen LogP contribution is 2.38. The number of rotatable bonds is 11. The molecule has 6 nitrogen and oxygen atoms in total. The Bertz CT molecular complexity index is 1830. The van der Waals surface area contributed by atoms with Gasteiger partial charge in [-0.1, -0.05) is 72.8 Å². The van der Waals surface area contributed by atoms with E-state index in [1.165, 1.54) is 0 Å². The van der Waals surface area contributed by atoms with Gasteiger partial charge in [-0.3, -0.25) is 0 Å². The third-order valence-corrected chi connectivity index (χ3v) is 7.84. The Labute approximate surface area is 281 Å². The number of ether oxygens (including phenoxy) is 2. The summed E-state index contributed by atoms with van der Waals surface area (Å²) in [7, 11) is 0. The second-order valence-electron chi connectivity index (χ2n) is 11.0. The molecule has 0 aliphatic carbocycles. The molecule has 0 fully saturated rings. The van der Waals surface area contributed by atoms with Crippen molar-refractivity contribution in [2.45, 2.75) is 13.8 Å². The minimum Gasteiger partial charge on any atom is -0.462 e. The van der Waals surface area contributed by atoms with E-state index in [0.717, 1.165) is 45.3 Å². The SMILES string of the molecule is CCOC(=O)c1cccc(N(c2ccccc2)c2ccc(-c3ccc(N(c4ccccc4)c4cccc(C(=O)OCC)c4)cc3)cc2)c1. The number of benzene rings is 6. The number of carbonyl (C=O) groups excluding carboxylic acids is 2. The second kappa shape index (κ2) is 15.0. The summed E-state index contributed by atoms with van der Waals surface area (Å²) < 4.78 is 10.5. The molecular weight excluding hydrogens is 596 g/mol. The molecule has 0 saturated heterocycles. The zero-order valence-corrected chi connectivity index (χ0v) is 27.0. The maximum Gasteiger partial charge on any atom is 0.338 e. The van der Waals surface area contributed by atoms with Crippen LogP contribution in [0.4, 0.5) is 34.1 Å². The van der Waals surface area contributed by atoms with Crippen molar-refractivity contribution in [2.24, 2.45) is 0 Å². The molecule has 48 heavy (non-hydrogen) atoms. The van der Waals surface area contributed by atoms with E-state index in [9.17, 15) is 9.59 Å². The van der Waals surface area contributed by atoms with Crippen molar-refractivity contribution in [3.63, 3.8) is 0 Å². The molecule has 0 unspecified atom stereocenters. The van der Waals surface area contributed by atoms with Gasteiger partial charge in [0.15, 0.2) is 0 Å². The van der Waals surface area contributed by atoms with Crippen molar-refractivity contribution in [3.8, 4) is 11.1 Å². The highest BCUT2D eigenvalue weighted by atomic mass is 16.5. The minimum atomic E-state index is -0.344. The van der Waals surface area contributed by atoms with E-state index in [2.05, 4.69) is 58.3 Å². The fourth-order valence-electron chi connectivity index (χ4n) is 5.63. The third-order valence-electron chi connectivity index (χ3n) is 7.84. The maximum atomic E-state index is 12.5. The molecule has 6 rings (SSSR count). The first-order valence-electron chi connectivity index (χ1n) is 16.0. The number of carbonyl (C=O) groups is 2. The van der Waals surface area contributed by atoms with Gasteiger partial charge in [0.05, 0.1) is 24.3 Å². The lowest BCUT2D eigenvalue weighted by Gasteiger charge is -2.26. The van der Waals surface area contributed by atoms with Gasteiger partial charge in [-0.15, -0.1) is 0 Å². The molecule has 238 valence electrons. The average Bonchev–Trinajstić information content (AvgIpc) is 3.14. The van der Waals surface area contributed by atoms with Gasteiger partial charge in [0.25, 0.3) is 0 Å². The first-order valence-corrected chi connectivity index (χ1v) is 16.0. The molecule has 6 aromatic carbocycles. The molecule has 0 aliphatic rings. The number of hydrogen-bond donors (Lipinski definition) is 0. The van der Waals surface area contributed by atoms with Gasteiger partial charge >= 0.3 is 11.9 Å². The summed E-state index contributed by atoms with van der Waals surface area (Å²) in [5.74, 6) is -0.688.